The number of nitrogens with one attached hydrogen (secondary N) is 1. The van der Waals surface area contributed by atoms with E-state index in [0.29, 0.717) is 17.6 Å². The van der Waals surface area contributed by atoms with Gasteiger partial charge in [0.05, 0.1) is 0 Å². The zero-order valence-corrected chi connectivity index (χ0v) is 12.9. The third kappa shape index (κ3) is 3.88. The van der Waals surface area contributed by atoms with Gasteiger partial charge >= 0.3 is 0 Å². The van der Waals surface area contributed by atoms with Crippen LogP contribution < -0.4 is 5.32 Å². The lowest BCUT2D eigenvalue weighted by molar-refractivity contribution is 0.0821. The summed E-state index contributed by atoms with van der Waals surface area (Å²) in [7, 11) is 3.41. The zero-order valence-electron chi connectivity index (χ0n) is 12.9. The van der Waals surface area contributed by atoms with Gasteiger partial charge in [-0.1, -0.05) is 19.9 Å². The van der Waals surface area contributed by atoms with E-state index in [4.69, 9.17) is 0 Å². The third-order valence-electron chi connectivity index (χ3n) is 2.97. The minimum Gasteiger partial charge on any atom is -0.343 e. The molecule has 0 spiro atoms. The predicted octanol–water partition coefficient (Wildman–Crippen LogP) is 1.47. The molecule has 0 aliphatic rings. The Labute approximate surface area is 124 Å². The Balaban J connectivity index is 2.10. The lowest BCUT2D eigenvalue weighted by Crippen LogP contribution is -2.22. The quantitative estimate of drug-likeness (QED) is 0.904. The molecule has 0 atom stereocenters. The number of hydrogen-bond acceptors (Lipinski definition) is 4. The van der Waals surface area contributed by atoms with Gasteiger partial charge in [0.15, 0.2) is 11.5 Å². The average Bonchev–Trinajstić information content (AvgIpc) is 2.94. The first kappa shape index (κ1) is 15.2. The summed E-state index contributed by atoms with van der Waals surface area (Å²) in [6.45, 7) is 5.00. The molecule has 0 aliphatic carbocycles. The lowest BCUT2D eigenvalue weighted by atomic mass is 10.2. The van der Waals surface area contributed by atoms with Crippen molar-refractivity contribution in [3.05, 3.63) is 41.9 Å². The highest BCUT2D eigenvalue weighted by atomic mass is 16.2. The maximum Gasteiger partial charge on any atom is 0.273 e. The zero-order chi connectivity index (χ0) is 15.4. The SMILES string of the molecule is CC(C)NCc1ccc(-n2ccc(C(=O)N(C)C)n2)nc1. The first-order chi connectivity index (χ1) is 9.97. The molecule has 0 aliphatic heterocycles. The molecule has 0 saturated carbocycles. The molecule has 0 radical (unpaired) electrons. The molecule has 0 unspecified atom stereocenters. The highest BCUT2D eigenvalue weighted by Crippen LogP contribution is 2.07. The summed E-state index contributed by atoms with van der Waals surface area (Å²) in [6.07, 6.45) is 3.56. The smallest absolute Gasteiger partial charge is 0.273 e. The minimum absolute atomic E-state index is 0.119. The monoisotopic (exact) mass is 287 g/mol. The van der Waals surface area contributed by atoms with E-state index < -0.39 is 0 Å². The molecule has 2 aromatic rings. The minimum atomic E-state index is -0.119. The van der Waals surface area contributed by atoms with Gasteiger partial charge in [-0.3, -0.25) is 4.79 Å². The van der Waals surface area contributed by atoms with Crippen LogP contribution in [-0.4, -0.2) is 45.7 Å². The number of amides is 1. The summed E-state index contributed by atoms with van der Waals surface area (Å²) < 4.78 is 1.61. The van der Waals surface area contributed by atoms with E-state index in [1.807, 2.05) is 18.3 Å². The van der Waals surface area contributed by atoms with E-state index in [-0.39, 0.29) is 5.91 Å². The summed E-state index contributed by atoms with van der Waals surface area (Å²) in [5.74, 6) is 0.576. The highest BCUT2D eigenvalue weighted by molar-refractivity contribution is 5.91. The van der Waals surface area contributed by atoms with Crippen molar-refractivity contribution < 1.29 is 4.79 Å². The molecule has 1 N–H and O–H groups in total. The fourth-order valence-electron chi connectivity index (χ4n) is 1.77. The second-order valence-corrected chi connectivity index (χ2v) is 5.41. The van der Waals surface area contributed by atoms with Crippen molar-refractivity contribution in [1.82, 2.24) is 25.0 Å². The second kappa shape index (κ2) is 6.49. The van der Waals surface area contributed by atoms with Gasteiger partial charge in [-0.2, -0.15) is 5.10 Å². The van der Waals surface area contributed by atoms with Gasteiger partial charge in [0, 0.05) is 39.1 Å². The Kier molecular flexibility index (Phi) is 4.70. The van der Waals surface area contributed by atoms with Crippen molar-refractivity contribution in [2.75, 3.05) is 14.1 Å². The van der Waals surface area contributed by atoms with Gasteiger partial charge in [0.25, 0.3) is 5.91 Å². The van der Waals surface area contributed by atoms with Crippen molar-refractivity contribution >= 4 is 5.91 Å². The van der Waals surface area contributed by atoms with Crippen LogP contribution in [0.5, 0.6) is 0 Å². The molecule has 0 fully saturated rings. The molecule has 2 heterocycles. The van der Waals surface area contributed by atoms with Gasteiger partial charge in [-0.15, -0.1) is 0 Å². The van der Waals surface area contributed by atoms with Crippen molar-refractivity contribution in [3.8, 4) is 5.82 Å². The summed E-state index contributed by atoms with van der Waals surface area (Å²) >= 11 is 0. The standard InChI is InChI=1S/C15H21N5O/c1-11(2)16-9-12-5-6-14(17-10-12)20-8-7-13(18-20)15(21)19(3)4/h5-8,10-11,16H,9H2,1-4H3. The second-order valence-electron chi connectivity index (χ2n) is 5.41. The van der Waals surface area contributed by atoms with E-state index in [1.165, 1.54) is 4.90 Å². The van der Waals surface area contributed by atoms with Crippen molar-refractivity contribution in [2.24, 2.45) is 0 Å². The highest BCUT2D eigenvalue weighted by Gasteiger charge is 2.12. The molecule has 2 aromatic heterocycles. The van der Waals surface area contributed by atoms with Crippen molar-refractivity contribution in [3.63, 3.8) is 0 Å². The van der Waals surface area contributed by atoms with E-state index in [9.17, 15) is 4.79 Å². The van der Waals surface area contributed by atoms with Crippen LogP contribution in [0.25, 0.3) is 5.82 Å². The van der Waals surface area contributed by atoms with Gasteiger partial charge in [-0.05, 0) is 17.7 Å². The van der Waals surface area contributed by atoms with Gasteiger partial charge in [0.1, 0.15) is 0 Å². The van der Waals surface area contributed by atoms with Crippen LogP contribution >= 0.6 is 0 Å². The number of aromatic nitrogens is 3. The molecule has 112 valence electrons. The Bertz CT molecular complexity index is 601. The fourth-order valence-corrected chi connectivity index (χ4v) is 1.77. The van der Waals surface area contributed by atoms with Crippen molar-refractivity contribution in [2.45, 2.75) is 26.4 Å². The lowest BCUT2D eigenvalue weighted by Gasteiger charge is -2.08. The largest absolute Gasteiger partial charge is 0.343 e. The van der Waals surface area contributed by atoms with E-state index in [0.717, 1.165) is 12.1 Å². The van der Waals surface area contributed by atoms with Crippen LogP contribution in [0, 0.1) is 0 Å². The number of rotatable bonds is 5. The number of carbonyl (C=O) groups is 1. The summed E-state index contributed by atoms with van der Waals surface area (Å²) in [6, 6.07) is 6.04. The van der Waals surface area contributed by atoms with Crippen LogP contribution in [0.1, 0.15) is 29.9 Å². The number of pyridine rings is 1. The first-order valence-corrected chi connectivity index (χ1v) is 6.93. The topological polar surface area (TPSA) is 63.1 Å². The summed E-state index contributed by atoms with van der Waals surface area (Å²) in [5, 5.41) is 7.59. The Hall–Kier alpha value is -2.21. The predicted molar refractivity (Wildman–Crippen MR) is 81.4 cm³/mol. The molecule has 0 aromatic carbocycles. The molecule has 0 bridgehead atoms. The number of hydrogen-bond donors (Lipinski definition) is 1. The van der Waals surface area contributed by atoms with Gasteiger partial charge in [0.2, 0.25) is 0 Å². The molecular formula is C15H21N5O. The van der Waals surface area contributed by atoms with Gasteiger partial charge < -0.3 is 10.2 Å². The van der Waals surface area contributed by atoms with Crippen LogP contribution in [0.15, 0.2) is 30.6 Å². The maximum absolute atomic E-state index is 11.8. The van der Waals surface area contributed by atoms with Crippen molar-refractivity contribution in [1.29, 1.82) is 0 Å². The summed E-state index contributed by atoms with van der Waals surface area (Å²) in [5.41, 5.74) is 1.52. The number of nitrogens with zero attached hydrogens (tertiary/aromatic N) is 4. The molecular weight excluding hydrogens is 266 g/mol. The number of carbonyl (C=O) groups excluding carboxylic acids is 1. The molecule has 6 heteroatoms. The Morgan fingerprint density at radius 1 is 1.33 bits per heavy atom. The Morgan fingerprint density at radius 3 is 2.67 bits per heavy atom. The van der Waals surface area contributed by atoms with E-state index in [1.54, 1.807) is 31.0 Å². The molecule has 6 nitrogen and oxygen atoms in total. The van der Waals surface area contributed by atoms with Crippen LogP contribution in [-0.2, 0) is 6.54 Å². The maximum atomic E-state index is 11.8. The van der Waals surface area contributed by atoms with E-state index in [2.05, 4.69) is 29.2 Å². The molecule has 1 amide bonds. The third-order valence-corrected chi connectivity index (χ3v) is 2.97. The molecule has 0 saturated heterocycles. The molecule has 21 heavy (non-hydrogen) atoms. The van der Waals surface area contributed by atoms with Gasteiger partial charge in [-0.25, -0.2) is 9.67 Å². The fraction of sp³-hybridized carbons (Fsp3) is 0.400. The Morgan fingerprint density at radius 2 is 2.10 bits per heavy atom. The van der Waals surface area contributed by atoms with E-state index >= 15 is 0 Å². The summed E-state index contributed by atoms with van der Waals surface area (Å²) in [4.78, 5) is 17.7. The van der Waals surface area contributed by atoms with Crippen LogP contribution in [0.3, 0.4) is 0 Å². The average molecular weight is 287 g/mol. The first-order valence-electron chi connectivity index (χ1n) is 6.93. The normalized spacial score (nSPS) is 10.9. The van der Waals surface area contributed by atoms with Crippen LogP contribution in [0.2, 0.25) is 0 Å². The molecule has 2 rings (SSSR count). The van der Waals surface area contributed by atoms with Crippen LogP contribution in [0.4, 0.5) is 0 Å².